The van der Waals surface area contributed by atoms with Crippen molar-refractivity contribution in [3.8, 4) is 0 Å². The minimum absolute atomic E-state index is 0.629. The summed E-state index contributed by atoms with van der Waals surface area (Å²) >= 11 is 0. The second kappa shape index (κ2) is 6.74. The Morgan fingerprint density at radius 1 is 1.65 bits per heavy atom. The van der Waals surface area contributed by atoms with Gasteiger partial charge in [0.15, 0.2) is 0 Å². The van der Waals surface area contributed by atoms with Crippen LogP contribution in [0.4, 0.5) is 0 Å². The third-order valence-corrected chi connectivity index (χ3v) is 2.97. The van der Waals surface area contributed by atoms with E-state index in [0.29, 0.717) is 5.92 Å². The Morgan fingerprint density at radius 3 is 3.35 bits per heavy atom. The Hall–Kier alpha value is -0.910. The van der Waals surface area contributed by atoms with Crippen LogP contribution in [0.3, 0.4) is 0 Å². The van der Waals surface area contributed by atoms with Crippen molar-refractivity contribution in [2.45, 2.75) is 19.5 Å². The van der Waals surface area contributed by atoms with Crippen molar-refractivity contribution in [1.82, 2.24) is 15.1 Å². The molecular weight excluding hydrogens is 218 g/mol. The van der Waals surface area contributed by atoms with E-state index in [0.717, 1.165) is 45.9 Å². The van der Waals surface area contributed by atoms with Gasteiger partial charge in [-0.1, -0.05) is 0 Å². The molecular formula is C12H21N3O2. The molecule has 0 radical (unpaired) electrons. The van der Waals surface area contributed by atoms with Crippen LogP contribution >= 0.6 is 0 Å². The maximum absolute atomic E-state index is 5.36. The van der Waals surface area contributed by atoms with Crippen molar-refractivity contribution in [1.29, 1.82) is 0 Å². The van der Waals surface area contributed by atoms with Gasteiger partial charge >= 0.3 is 0 Å². The van der Waals surface area contributed by atoms with E-state index in [1.54, 1.807) is 7.11 Å². The molecule has 1 atom stereocenters. The number of hydrogen-bond acceptors (Lipinski definition) is 4. The Bertz CT molecular complexity index is 321. The van der Waals surface area contributed by atoms with E-state index in [2.05, 4.69) is 16.6 Å². The summed E-state index contributed by atoms with van der Waals surface area (Å²) in [5.74, 6) is 0.629. The minimum atomic E-state index is 0.629. The molecule has 0 aliphatic carbocycles. The van der Waals surface area contributed by atoms with E-state index in [1.807, 2.05) is 10.9 Å². The van der Waals surface area contributed by atoms with Crippen LogP contribution < -0.4 is 5.32 Å². The van der Waals surface area contributed by atoms with Crippen LogP contribution in [0.2, 0.25) is 0 Å². The highest BCUT2D eigenvalue weighted by atomic mass is 16.5. The van der Waals surface area contributed by atoms with Crippen LogP contribution in [0.15, 0.2) is 12.4 Å². The van der Waals surface area contributed by atoms with Crippen molar-refractivity contribution >= 4 is 0 Å². The lowest BCUT2D eigenvalue weighted by atomic mass is 10.1. The van der Waals surface area contributed by atoms with E-state index in [1.165, 1.54) is 5.56 Å². The second-order valence-corrected chi connectivity index (χ2v) is 4.47. The predicted octanol–water partition coefficient (Wildman–Crippen LogP) is 0.656. The van der Waals surface area contributed by atoms with E-state index >= 15 is 0 Å². The number of hydrogen-bond donors (Lipinski definition) is 1. The third kappa shape index (κ3) is 4.11. The predicted molar refractivity (Wildman–Crippen MR) is 64.7 cm³/mol. The SMILES string of the molecule is COCCNCc1cnn(CC2CCOC2)c1. The van der Waals surface area contributed by atoms with Gasteiger partial charge < -0.3 is 14.8 Å². The molecule has 1 aromatic rings. The first-order valence-electron chi connectivity index (χ1n) is 6.17. The lowest BCUT2D eigenvalue weighted by Gasteiger charge is -2.06. The van der Waals surface area contributed by atoms with E-state index in [4.69, 9.17) is 9.47 Å². The van der Waals surface area contributed by atoms with Gasteiger partial charge in [0.2, 0.25) is 0 Å². The summed E-state index contributed by atoms with van der Waals surface area (Å²) in [4.78, 5) is 0. The van der Waals surface area contributed by atoms with Crippen LogP contribution in [0.5, 0.6) is 0 Å². The van der Waals surface area contributed by atoms with Crippen molar-refractivity contribution in [2.24, 2.45) is 5.92 Å². The Kier molecular flexibility index (Phi) is 4.97. The first-order valence-corrected chi connectivity index (χ1v) is 6.17. The van der Waals surface area contributed by atoms with Crippen molar-refractivity contribution in [3.63, 3.8) is 0 Å². The molecule has 1 N–H and O–H groups in total. The van der Waals surface area contributed by atoms with E-state index in [-0.39, 0.29) is 0 Å². The van der Waals surface area contributed by atoms with Gasteiger partial charge in [-0.25, -0.2) is 0 Å². The molecule has 0 spiro atoms. The highest BCUT2D eigenvalue weighted by molar-refractivity contribution is 5.03. The molecule has 1 unspecified atom stereocenters. The second-order valence-electron chi connectivity index (χ2n) is 4.47. The average Bonchev–Trinajstić information content (AvgIpc) is 2.97. The first kappa shape index (κ1) is 12.5. The average molecular weight is 239 g/mol. The zero-order valence-electron chi connectivity index (χ0n) is 10.4. The van der Waals surface area contributed by atoms with E-state index in [9.17, 15) is 0 Å². The molecule has 1 aliphatic rings. The van der Waals surface area contributed by atoms with Gasteiger partial charge in [0.1, 0.15) is 0 Å². The molecule has 1 aliphatic heterocycles. The van der Waals surface area contributed by atoms with Crippen LogP contribution in [0, 0.1) is 5.92 Å². The van der Waals surface area contributed by atoms with Gasteiger partial charge in [-0.05, 0) is 6.42 Å². The lowest BCUT2D eigenvalue weighted by molar-refractivity contribution is 0.181. The summed E-state index contributed by atoms with van der Waals surface area (Å²) in [5, 5.41) is 7.67. The molecule has 5 heteroatoms. The van der Waals surface area contributed by atoms with E-state index < -0.39 is 0 Å². The van der Waals surface area contributed by atoms with Gasteiger partial charge in [-0.3, -0.25) is 4.68 Å². The summed E-state index contributed by atoms with van der Waals surface area (Å²) in [6.45, 7) is 5.22. The number of nitrogens with one attached hydrogen (secondary N) is 1. The maximum Gasteiger partial charge on any atom is 0.0587 e. The zero-order valence-corrected chi connectivity index (χ0v) is 10.4. The summed E-state index contributed by atoms with van der Waals surface area (Å²) in [6, 6.07) is 0. The smallest absolute Gasteiger partial charge is 0.0587 e. The molecule has 1 fully saturated rings. The number of ether oxygens (including phenoxy) is 2. The Balaban J connectivity index is 1.71. The number of methoxy groups -OCH3 is 1. The molecule has 1 saturated heterocycles. The fraction of sp³-hybridized carbons (Fsp3) is 0.750. The van der Waals surface area contributed by atoms with Crippen LogP contribution in [0.1, 0.15) is 12.0 Å². The molecule has 2 heterocycles. The normalized spacial score (nSPS) is 19.9. The zero-order chi connectivity index (χ0) is 11.9. The quantitative estimate of drug-likeness (QED) is 0.710. The van der Waals surface area contributed by atoms with Crippen molar-refractivity contribution in [2.75, 3.05) is 33.5 Å². The highest BCUT2D eigenvalue weighted by Crippen LogP contribution is 2.14. The molecule has 5 nitrogen and oxygen atoms in total. The molecule has 0 saturated carbocycles. The maximum atomic E-state index is 5.36. The molecule has 1 aromatic heterocycles. The summed E-state index contributed by atoms with van der Waals surface area (Å²) < 4.78 is 12.4. The summed E-state index contributed by atoms with van der Waals surface area (Å²) in [7, 11) is 1.71. The van der Waals surface area contributed by atoms with Crippen molar-refractivity contribution in [3.05, 3.63) is 18.0 Å². The molecule has 17 heavy (non-hydrogen) atoms. The van der Waals surface area contributed by atoms with Crippen LogP contribution in [-0.2, 0) is 22.6 Å². The highest BCUT2D eigenvalue weighted by Gasteiger charge is 2.16. The molecule has 96 valence electrons. The number of aromatic nitrogens is 2. The van der Waals surface area contributed by atoms with Crippen LogP contribution in [-0.4, -0.2) is 43.3 Å². The standard InChI is InChI=1S/C12H21N3O2/c1-16-5-3-13-6-12-7-14-15(9-12)8-11-2-4-17-10-11/h7,9,11,13H,2-6,8,10H2,1H3. The van der Waals surface area contributed by atoms with Gasteiger partial charge in [0, 0.05) is 51.0 Å². The minimum Gasteiger partial charge on any atom is -0.383 e. The fourth-order valence-corrected chi connectivity index (χ4v) is 2.00. The van der Waals surface area contributed by atoms with Crippen LogP contribution in [0.25, 0.3) is 0 Å². The lowest BCUT2D eigenvalue weighted by Crippen LogP contribution is -2.18. The Morgan fingerprint density at radius 2 is 2.59 bits per heavy atom. The number of rotatable bonds is 7. The van der Waals surface area contributed by atoms with Gasteiger partial charge in [0.05, 0.1) is 19.4 Å². The van der Waals surface area contributed by atoms with Gasteiger partial charge in [0.25, 0.3) is 0 Å². The number of nitrogens with zero attached hydrogens (tertiary/aromatic N) is 2. The molecule has 0 aromatic carbocycles. The molecule has 2 rings (SSSR count). The van der Waals surface area contributed by atoms with Gasteiger partial charge in [-0.2, -0.15) is 5.10 Å². The summed E-state index contributed by atoms with van der Waals surface area (Å²) in [6.07, 6.45) is 5.19. The molecule has 0 bridgehead atoms. The summed E-state index contributed by atoms with van der Waals surface area (Å²) in [5.41, 5.74) is 1.22. The topological polar surface area (TPSA) is 48.3 Å². The Labute approximate surface area is 102 Å². The monoisotopic (exact) mass is 239 g/mol. The molecule has 0 amide bonds. The third-order valence-electron chi connectivity index (χ3n) is 2.97. The van der Waals surface area contributed by atoms with Gasteiger partial charge in [-0.15, -0.1) is 0 Å². The van der Waals surface area contributed by atoms with Crippen molar-refractivity contribution < 1.29 is 9.47 Å². The first-order chi connectivity index (χ1) is 8.38. The largest absolute Gasteiger partial charge is 0.383 e. The fourth-order valence-electron chi connectivity index (χ4n) is 2.00.